The Bertz CT molecular complexity index is 1190. The highest BCUT2D eigenvalue weighted by molar-refractivity contribution is 5.89. The van der Waals surface area contributed by atoms with E-state index in [-0.39, 0.29) is 0 Å². The Kier molecular flexibility index (Phi) is 4.35. The third-order valence-electron chi connectivity index (χ3n) is 8.12. The molecular formula is C26H30N6. The second-order valence-corrected chi connectivity index (χ2v) is 10.1. The van der Waals surface area contributed by atoms with Gasteiger partial charge in [-0.05, 0) is 48.4 Å². The van der Waals surface area contributed by atoms with Crippen LogP contribution in [-0.2, 0) is 6.42 Å². The van der Waals surface area contributed by atoms with E-state index in [1.54, 1.807) is 0 Å². The highest BCUT2D eigenvalue weighted by Crippen LogP contribution is 2.40. The average molecular weight is 427 g/mol. The van der Waals surface area contributed by atoms with Gasteiger partial charge in [-0.1, -0.05) is 25.3 Å². The molecule has 2 saturated heterocycles. The number of pyridine rings is 1. The van der Waals surface area contributed by atoms with Crippen LogP contribution in [0.1, 0.15) is 43.7 Å². The van der Waals surface area contributed by atoms with Gasteiger partial charge in [0.15, 0.2) is 0 Å². The van der Waals surface area contributed by atoms with Crippen molar-refractivity contribution in [2.75, 3.05) is 31.1 Å². The lowest BCUT2D eigenvalue weighted by atomic mass is 9.95. The van der Waals surface area contributed by atoms with Gasteiger partial charge in [0.25, 0.3) is 0 Å². The Morgan fingerprint density at radius 2 is 1.81 bits per heavy atom. The summed E-state index contributed by atoms with van der Waals surface area (Å²) in [5.74, 6) is 2.63. The molecule has 7 rings (SSSR count). The minimum Gasteiger partial charge on any atom is -0.356 e. The van der Waals surface area contributed by atoms with Gasteiger partial charge in [0, 0.05) is 50.4 Å². The molecule has 0 spiro atoms. The number of hydrogen-bond acceptors (Lipinski definition) is 5. The Hall–Kier alpha value is -2.73. The van der Waals surface area contributed by atoms with E-state index in [0.717, 1.165) is 72.7 Å². The normalized spacial score (nSPS) is 25.1. The van der Waals surface area contributed by atoms with Gasteiger partial charge in [0.2, 0.25) is 0 Å². The molecule has 32 heavy (non-hydrogen) atoms. The number of anilines is 1. The molecule has 0 amide bonds. The zero-order valence-corrected chi connectivity index (χ0v) is 18.5. The number of hydrogen-bond donors (Lipinski definition) is 1. The molecule has 1 N–H and O–H groups in total. The van der Waals surface area contributed by atoms with Crippen molar-refractivity contribution < 1.29 is 0 Å². The minimum atomic E-state index is 0.596. The van der Waals surface area contributed by atoms with Crippen molar-refractivity contribution in [2.45, 2.75) is 44.6 Å². The summed E-state index contributed by atoms with van der Waals surface area (Å²) in [5.41, 5.74) is 6.80. The second kappa shape index (κ2) is 7.41. The monoisotopic (exact) mass is 426 g/mol. The average Bonchev–Trinajstić information content (AvgIpc) is 3.61. The number of aliphatic imine (C=N–C) groups is 1. The summed E-state index contributed by atoms with van der Waals surface area (Å²) in [5, 5.41) is 3.54. The van der Waals surface area contributed by atoms with Gasteiger partial charge in [-0.2, -0.15) is 0 Å². The van der Waals surface area contributed by atoms with E-state index in [9.17, 15) is 0 Å². The van der Waals surface area contributed by atoms with Crippen LogP contribution in [0.15, 0.2) is 35.6 Å². The van der Waals surface area contributed by atoms with E-state index < -0.39 is 0 Å². The lowest BCUT2D eigenvalue weighted by Gasteiger charge is -2.23. The standard InChI is InChI=1S/C26H30N6/c1-2-4-21(5-3-1)32-16-29-22-10-17(6-7-23(22)32)26-25-18(8-9-28-25)11-24(30-26)31-14-19-12-27-13-20(19)15-31/h6-7,9-11,16,19-21,27H,1-5,8,12-15H2. The molecule has 0 bridgehead atoms. The lowest BCUT2D eigenvalue weighted by Crippen LogP contribution is -2.26. The summed E-state index contributed by atoms with van der Waals surface area (Å²) in [6.07, 6.45) is 11.6. The van der Waals surface area contributed by atoms with Crippen molar-refractivity contribution in [3.05, 3.63) is 36.2 Å². The highest BCUT2D eigenvalue weighted by Gasteiger charge is 2.37. The van der Waals surface area contributed by atoms with Crippen LogP contribution >= 0.6 is 0 Å². The predicted octanol–water partition coefficient (Wildman–Crippen LogP) is 4.52. The molecule has 2 aromatic heterocycles. The number of aromatic nitrogens is 3. The lowest BCUT2D eigenvalue weighted by molar-refractivity contribution is 0.359. The summed E-state index contributed by atoms with van der Waals surface area (Å²) >= 11 is 0. The summed E-state index contributed by atoms with van der Waals surface area (Å²) in [6, 6.07) is 9.57. The fourth-order valence-corrected chi connectivity index (χ4v) is 6.35. The molecule has 3 aromatic rings. The van der Waals surface area contributed by atoms with E-state index >= 15 is 0 Å². The quantitative estimate of drug-likeness (QED) is 0.669. The number of fused-ring (bicyclic) bond motifs is 3. The highest BCUT2D eigenvalue weighted by atomic mass is 15.2. The SMILES string of the molecule is C1=Nc2c(cc(N3CC4CNCC4C3)nc2-c2ccc3c(c2)ncn3C2CCCCC2)C1. The Labute approximate surface area is 188 Å². The maximum Gasteiger partial charge on any atom is 0.129 e. The summed E-state index contributed by atoms with van der Waals surface area (Å²) in [6.45, 7) is 4.49. The first-order valence-electron chi connectivity index (χ1n) is 12.3. The number of imidazole rings is 1. The maximum absolute atomic E-state index is 5.18. The maximum atomic E-state index is 5.18. The van der Waals surface area contributed by atoms with Crippen LogP contribution in [0, 0.1) is 11.8 Å². The van der Waals surface area contributed by atoms with E-state index in [4.69, 9.17) is 15.0 Å². The molecule has 4 aliphatic rings. The fraction of sp³-hybridized carbons (Fsp3) is 0.500. The van der Waals surface area contributed by atoms with Crippen molar-refractivity contribution in [3.8, 4) is 11.3 Å². The van der Waals surface area contributed by atoms with Crippen molar-refractivity contribution in [1.29, 1.82) is 0 Å². The summed E-state index contributed by atoms with van der Waals surface area (Å²) in [4.78, 5) is 17.2. The molecule has 2 atom stereocenters. The molecule has 1 aromatic carbocycles. The molecule has 5 heterocycles. The number of nitrogens with one attached hydrogen (secondary N) is 1. The summed E-state index contributed by atoms with van der Waals surface area (Å²) < 4.78 is 2.40. The first kappa shape index (κ1) is 18.8. The van der Waals surface area contributed by atoms with Gasteiger partial charge in [-0.3, -0.25) is 4.99 Å². The third kappa shape index (κ3) is 2.99. The number of nitrogens with zero attached hydrogens (tertiary/aromatic N) is 5. The van der Waals surface area contributed by atoms with E-state index in [2.05, 4.69) is 39.0 Å². The number of benzene rings is 1. The number of rotatable bonds is 3. The van der Waals surface area contributed by atoms with Crippen molar-refractivity contribution in [3.63, 3.8) is 0 Å². The van der Waals surface area contributed by atoms with Gasteiger partial charge in [0.1, 0.15) is 5.82 Å². The molecule has 1 aliphatic carbocycles. The Balaban J connectivity index is 1.27. The summed E-state index contributed by atoms with van der Waals surface area (Å²) in [7, 11) is 0. The van der Waals surface area contributed by atoms with Crippen molar-refractivity contribution in [1.82, 2.24) is 19.9 Å². The van der Waals surface area contributed by atoms with Gasteiger partial charge in [-0.15, -0.1) is 0 Å². The van der Waals surface area contributed by atoms with Crippen LogP contribution in [-0.4, -0.2) is 46.9 Å². The first-order chi connectivity index (χ1) is 15.8. The van der Waals surface area contributed by atoms with Gasteiger partial charge in [0.05, 0.1) is 28.7 Å². The topological polar surface area (TPSA) is 58.3 Å². The van der Waals surface area contributed by atoms with E-state index in [0.29, 0.717) is 6.04 Å². The molecular weight excluding hydrogens is 396 g/mol. The Morgan fingerprint density at radius 1 is 0.969 bits per heavy atom. The van der Waals surface area contributed by atoms with Gasteiger partial charge >= 0.3 is 0 Å². The van der Waals surface area contributed by atoms with Gasteiger partial charge < -0.3 is 14.8 Å². The van der Waals surface area contributed by atoms with Crippen LogP contribution in [0.25, 0.3) is 22.3 Å². The zero-order chi connectivity index (χ0) is 21.1. The Morgan fingerprint density at radius 3 is 2.66 bits per heavy atom. The smallest absolute Gasteiger partial charge is 0.129 e. The molecule has 6 heteroatoms. The molecule has 1 saturated carbocycles. The van der Waals surface area contributed by atoms with Crippen molar-refractivity contribution in [2.24, 2.45) is 16.8 Å². The predicted molar refractivity (Wildman–Crippen MR) is 129 cm³/mol. The van der Waals surface area contributed by atoms with Gasteiger partial charge in [-0.25, -0.2) is 9.97 Å². The van der Waals surface area contributed by atoms with E-state index in [1.807, 2.05) is 12.5 Å². The third-order valence-corrected chi connectivity index (χ3v) is 8.12. The van der Waals surface area contributed by atoms with Crippen molar-refractivity contribution >= 4 is 28.8 Å². The zero-order valence-electron chi connectivity index (χ0n) is 18.5. The molecule has 164 valence electrons. The van der Waals surface area contributed by atoms with Crippen LogP contribution in [0.4, 0.5) is 11.5 Å². The van der Waals surface area contributed by atoms with Crippen LogP contribution < -0.4 is 10.2 Å². The minimum absolute atomic E-state index is 0.596. The fourth-order valence-electron chi connectivity index (χ4n) is 6.35. The van der Waals surface area contributed by atoms with Crippen LogP contribution in [0.5, 0.6) is 0 Å². The molecule has 0 radical (unpaired) electrons. The first-order valence-corrected chi connectivity index (χ1v) is 12.3. The second-order valence-electron chi connectivity index (χ2n) is 10.1. The largest absolute Gasteiger partial charge is 0.356 e. The van der Waals surface area contributed by atoms with Crippen LogP contribution in [0.3, 0.4) is 0 Å². The molecule has 6 nitrogen and oxygen atoms in total. The molecule has 3 aliphatic heterocycles. The van der Waals surface area contributed by atoms with Crippen LogP contribution in [0.2, 0.25) is 0 Å². The molecule has 2 unspecified atom stereocenters. The molecule has 3 fully saturated rings. The van der Waals surface area contributed by atoms with E-state index in [1.165, 1.54) is 43.2 Å².